The Bertz CT molecular complexity index is 838. The van der Waals surface area contributed by atoms with E-state index < -0.39 is 17.5 Å². The normalized spacial score (nSPS) is 19.6. The molecule has 8 heteroatoms. The fourth-order valence-corrected chi connectivity index (χ4v) is 3.68. The summed E-state index contributed by atoms with van der Waals surface area (Å²) >= 11 is 7.43. The number of likely N-dealkylation sites (N-methyl/N-ethyl adjacent to an activating group) is 1. The number of imide groups is 1. The number of urea groups is 1. The molecule has 1 N–H and O–H groups in total. The van der Waals surface area contributed by atoms with Crippen LogP contribution in [0.1, 0.15) is 17.4 Å². The van der Waals surface area contributed by atoms with Gasteiger partial charge in [-0.2, -0.15) is 0 Å². The lowest BCUT2D eigenvalue weighted by atomic mass is 9.92. The summed E-state index contributed by atoms with van der Waals surface area (Å²) in [6.07, 6.45) is 0. The van der Waals surface area contributed by atoms with E-state index in [1.807, 2.05) is 17.5 Å². The van der Waals surface area contributed by atoms with Crippen LogP contribution < -0.4 is 5.32 Å². The molecule has 6 nitrogen and oxygen atoms in total. The topological polar surface area (TPSA) is 69.7 Å². The lowest BCUT2D eigenvalue weighted by Gasteiger charge is -2.23. The van der Waals surface area contributed by atoms with E-state index in [1.165, 1.54) is 4.90 Å². The molecule has 1 atom stereocenters. The van der Waals surface area contributed by atoms with Crippen molar-refractivity contribution in [3.05, 3.63) is 57.2 Å². The highest BCUT2D eigenvalue weighted by molar-refractivity contribution is 7.09. The van der Waals surface area contributed by atoms with Crippen LogP contribution in [-0.2, 0) is 21.7 Å². The highest BCUT2D eigenvalue weighted by Gasteiger charge is 2.49. The quantitative estimate of drug-likeness (QED) is 0.797. The molecule has 0 saturated carbocycles. The van der Waals surface area contributed by atoms with Gasteiger partial charge in [-0.05, 0) is 36.1 Å². The average Bonchev–Trinajstić information content (AvgIpc) is 3.18. The molecule has 1 aromatic heterocycles. The fourth-order valence-electron chi connectivity index (χ4n) is 2.80. The molecule has 0 aliphatic carbocycles. The van der Waals surface area contributed by atoms with E-state index in [1.54, 1.807) is 49.6 Å². The second-order valence-corrected chi connectivity index (χ2v) is 7.75. The van der Waals surface area contributed by atoms with Gasteiger partial charge in [-0.3, -0.25) is 14.5 Å². The van der Waals surface area contributed by atoms with Crippen LogP contribution in [0.2, 0.25) is 5.02 Å². The number of carbonyl (C=O) groups excluding carboxylic acids is 3. The Labute approximate surface area is 160 Å². The van der Waals surface area contributed by atoms with Gasteiger partial charge in [0.1, 0.15) is 12.1 Å². The molecule has 1 aliphatic rings. The minimum atomic E-state index is -1.21. The van der Waals surface area contributed by atoms with Crippen LogP contribution in [0.15, 0.2) is 41.8 Å². The number of halogens is 1. The molecular weight excluding hydrogens is 374 g/mol. The first-order chi connectivity index (χ1) is 12.3. The van der Waals surface area contributed by atoms with Crippen LogP contribution in [0.5, 0.6) is 0 Å². The second-order valence-electron chi connectivity index (χ2n) is 6.28. The molecule has 26 heavy (non-hydrogen) atoms. The summed E-state index contributed by atoms with van der Waals surface area (Å²) in [5.41, 5.74) is -0.601. The number of benzene rings is 1. The van der Waals surface area contributed by atoms with Gasteiger partial charge in [-0.15, -0.1) is 11.3 Å². The molecule has 0 unspecified atom stereocenters. The largest absolute Gasteiger partial charge is 0.339 e. The smallest absolute Gasteiger partial charge is 0.325 e. The van der Waals surface area contributed by atoms with Gasteiger partial charge in [0, 0.05) is 16.9 Å². The molecule has 0 spiro atoms. The number of hydrogen-bond acceptors (Lipinski definition) is 4. The van der Waals surface area contributed by atoms with E-state index in [2.05, 4.69) is 5.32 Å². The molecule has 2 aromatic rings. The number of rotatable bonds is 5. The number of nitrogens with one attached hydrogen (secondary N) is 1. The van der Waals surface area contributed by atoms with Gasteiger partial charge in [0.25, 0.3) is 5.91 Å². The first-order valence-electron chi connectivity index (χ1n) is 7.98. The SMILES string of the molecule is CN(Cc1cccs1)C(=O)CN1C(=O)N[C@](C)(c2ccc(Cl)cc2)C1=O. The van der Waals surface area contributed by atoms with Crippen molar-refractivity contribution in [1.82, 2.24) is 15.1 Å². The summed E-state index contributed by atoms with van der Waals surface area (Å²) in [5, 5.41) is 5.15. The first-order valence-corrected chi connectivity index (χ1v) is 9.23. The predicted octanol–water partition coefficient (Wildman–Crippen LogP) is 2.83. The second kappa shape index (κ2) is 7.09. The summed E-state index contributed by atoms with van der Waals surface area (Å²) < 4.78 is 0. The number of nitrogens with zero attached hydrogens (tertiary/aromatic N) is 2. The Hall–Kier alpha value is -2.38. The van der Waals surface area contributed by atoms with Crippen LogP contribution >= 0.6 is 22.9 Å². The third-order valence-electron chi connectivity index (χ3n) is 4.39. The summed E-state index contributed by atoms with van der Waals surface area (Å²) in [6, 6.07) is 9.95. The van der Waals surface area contributed by atoms with Crippen molar-refractivity contribution >= 4 is 40.8 Å². The molecule has 0 bridgehead atoms. The van der Waals surface area contributed by atoms with E-state index in [0.717, 1.165) is 9.78 Å². The third kappa shape index (κ3) is 3.45. The minimum Gasteiger partial charge on any atom is -0.339 e. The van der Waals surface area contributed by atoms with E-state index >= 15 is 0 Å². The van der Waals surface area contributed by atoms with Gasteiger partial charge in [0.2, 0.25) is 5.91 Å². The molecule has 136 valence electrons. The average molecular weight is 392 g/mol. The maximum absolute atomic E-state index is 12.8. The molecule has 0 radical (unpaired) electrons. The van der Waals surface area contributed by atoms with Crippen LogP contribution in [-0.4, -0.2) is 41.2 Å². The molecule has 1 fully saturated rings. The third-order valence-corrected chi connectivity index (χ3v) is 5.50. The number of carbonyl (C=O) groups is 3. The Balaban J connectivity index is 1.72. The van der Waals surface area contributed by atoms with Crippen molar-refractivity contribution in [1.29, 1.82) is 0 Å². The van der Waals surface area contributed by atoms with Crippen molar-refractivity contribution in [3.63, 3.8) is 0 Å². The van der Waals surface area contributed by atoms with Crippen LogP contribution in [0.4, 0.5) is 4.79 Å². The highest BCUT2D eigenvalue weighted by Crippen LogP contribution is 2.29. The number of thiophene rings is 1. The lowest BCUT2D eigenvalue weighted by Crippen LogP contribution is -2.43. The van der Waals surface area contributed by atoms with Gasteiger partial charge in [-0.1, -0.05) is 29.8 Å². The Morgan fingerprint density at radius 2 is 1.96 bits per heavy atom. The van der Waals surface area contributed by atoms with Crippen molar-refractivity contribution in [2.45, 2.75) is 19.0 Å². The Kier molecular flexibility index (Phi) is 5.02. The molecule has 1 aromatic carbocycles. The molecular formula is C18H18ClN3O3S. The summed E-state index contributed by atoms with van der Waals surface area (Å²) in [5.74, 6) is -0.759. The minimum absolute atomic E-state index is 0.296. The maximum atomic E-state index is 12.8. The number of hydrogen-bond donors (Lipinski definition) is 1. The highest BCUT2D eigenvalue weighted by atomic mass is 35.5. The first kappa shape index (κ1) is 18.4. The summed E-state index contributed by atoms with van der Waals surface area (Å²) in [7, 11) is 1.65. The van der Waals surface area contributed by atoms with Crippen molar-refractivity contribution in [2.24, 2.45) is 0 Å². The molecule has 3 rings (SSSR count). The predicted molar refractivity (Wildman–Crippen MR) is 99.8 cm³/mol. The van der Waals surface area contributed by atoms with E-state index in [-0.39, 0.29) is 12.5 Å². The lowest BCUT2D eigenvalue weighted by molar-refractivity contribution is -0.138. The van der Waals surface area contributed by atoms with Crippen LogP contribution in [0.3, 0.4) is 0 Å². The van der Waals surface area contributed by atoms with Gasteiger partial charge >= 0.3 is 6.03 Å². The standard InChI is InChI=1S/C18H18ClN3O3S/c1-18(12-5-7-13(19)8-6-12)16(24)22(17(25)20-18)11-15(23)21(2)10-14-4-3-9-26-14/h3-9H,10-11H2,1-2H3,(H,20,25)/t18-/m1/s1. The van der Waals surface area contributed by atoms with Gasteiger partial charge in [0.15, 0.2) is 0 Å². The van der Waals surface area contributed by atoms with E-state index in [9.17, 15) is 14.4 Å². The maximum Gasteiger partial charge on any atom is 0.325 e. The summed E-state index contributed by atoms with van der Waals surface area (Å²) in [4.78, 5) is 41.1. The van der Waals surface area contributed by atoms with E-state index in [4.69, 9.17) is 11.6 Å². The number of amides is 4. The Morgan fingerprint density at radius 3 is 2.58 bits per heavy atom. The zero-order chi connectivity index (χ0) is 18.9. The zero-order valence-electron chi connectivity index (χ0n) is 14.4. The molecule has 2 heterocycles. The van der Waals surface area contributed by atoms with Gasteiger partial charge in [0.05, 0.1) is 6.54 Å². The van der Waals surface area contributed by atoms with Crippen LogP contribution in [0.25, 0.3) is 0 Å². The fraction of sp³-hybridized carbons (Fsp3) is 0.278. The van der Waals surface area contributed by atoms with Crippen molar-refractivity contribution in [3.8, 4) is 0 Å². The van der Waals surface area contributed by atoms with Gasteiger partial charge < -0.3 is 10.2 Å². The van der Waals surface area contributed by atoms with E-state index in [0.29, 0.717) is 17.1 Å². The monoisotopic (exact) mass is 391 g/mol. The van der Waals surface area contributed by atoms with Crippen molar-refractivity contribution < 1.29 is 14.4 Å². The van der Waals surface area contributed by atoms with Gasteiger partial charge in [-0.25, -0.2) is 4.79 Å². The van der Waals surface area contributed by atoms with Crippen LogP contribution in [0, 0.1) is 0 Å². The Morgan fingerprint density at radius 1 is 1.27 bits per heavy atom. The molecule has 4 amide bonds. The molecule has 1 saturated heterocycles. The van der Waals surface area contributed by atoms with Crippen molar-refractivity contribution in [2.75, 3.05) is 13.6 Å². The molecule has 1 aliphatic heterocycles. The summed E-state index contributed by atoms with van der Waals surface area (Å²) in [6.45, 7) is 1.76. The zero-order valence-corrected chi connectivity index (χ0v) is 15.9.